The minimum atomic E-state index is -0.507. The van der Waals surface area contributed by atoms with Gasteiger partial charge in [-0.3, -0.25) is 0 Å². The molecule has 0 amide bonds. The summed E-state index contributed by atoms with van der Waals surface area (Å²) in [5, 5.41) is 9.06. The maximum atomic E-state index is 9.06. The predicted octanol–water partition coefficient (Wildman–Crippen LogP) is 3.26. The molecule has 0 bridgehead atoms. The number of imidazole rings is 1. The molecule has 86 valence electrons. The van der Waals surface area contributed by atoms with Crippen molar-refractivity contribution in [1.82, 2.24) is 9.97 Å². The lowest BCUT2D eigenvalue weighted by Gasteiger charge is -2.20. The van der Waals surface area contributed by atoms with Crippen LogP contribution >= 0.6 is 0 Å². The van der Waals surface area contributed by atoms with Crippen molar-refractivity contribution in [2.24, 2.45) is 0 Å². The summed E-state index contributed by atoms with van der Waals surface area (Å²) in [7, 11) is 0. The molecule has 0 spiro atoms. The van der Waals surface area contributed by atoms with Gasteiger partial charge in [-0.1, -0.05) is 19.3 Å². The molecule has 3 nitrogen and oxygen atoms in total. The molecule has 3 heteroatoms. The second-order valence-electron chi connectivity index (χ2n) is 5.26. The molecule has 1 saturated carbocycles. The molecule has 0 unspecified atom stereocenters. The Morgan fingerprint density at radius 3 is 2.69 bits per heavy atom. The number of nitrogens with one attached hydrogen (secondary N) is 1. The Labute approximate surface area is 96.9 Å². The fourth-order valence-corrected chi connectivity index (χ4v) is 2.33. The van der Waals surface area contributed by atoms with Gasteiger partial charge in [-0.15, -0.1) is 0 Å². The fraction of sp³-hybridized carbons (Fsp3) is 0.692. The highest BCUT2D eigenvalue weighted by Gasteiger charge is 2.25. The minimum Gasteiger partial charge on any atom is -0.344 e. The lowest BCUT2D eigenvalue weighted by atomic mass is 9.87. The van der Waals surface area contributed by atoms with Crippen LogP contribution in [0.4, 0.5) is 0 Å². The van der Waals surface area contributed by atoms with Gasteiger partial charge in [0.05, 0.1) is 6.07 Å². The normalized spacial score (nSPS) is 18.3. The number of aromatic nitrogens is 2. The summed E-state index contributed by atoms with van der Waals surface area (Å²) in [6.07, 6.45) is 8.44. The van der Waals surface area contributed by atoms with Gasteiger partial charge in [0.2, 0.25) is 0 Å². The third kappa shape index (κ3) is 2.11. The average Bonchev–Trinajstić information content (AvgIpc) is 2.80. The zero-order valence-electron chi connectivity index (χ0n) is 10.1. The summed E-state index contributed by atoms with van der Waals surface area (Å²) in [4.78, 5) is 7.70. The molecule has 1 aliphatic carbocycles. The lowest BCUT2D eigenvalue weighted by molar-refractivity contribution is 0.436. The number of hydrogen-bond acceptors (Lipinski definition) is 2. The Morgan fingerprint density at radius 1 is 1.38 bits per heavy atom. The first-order valence-corrected chi connectivity index (χ1v) is 6.10. The largest absolute Gasteiger partial charge is 0.344 e. The topological polar surface area (TPSA) is 52.5 Å². The van der Waals surface area contributed by atoms with Crippen molar-refractivity contribution in [3.8, 4) is 6.07 Å². The zero-order valence-corrected chi connectivity index (χ0v) is 10.1. The van der Waals surface area contributed by atoms with E-state index in [1.807, 2.05) is 20.0 Å². The van der Waals surface area contributed by atoms with Crippen LogP contribution in [-0.2, 0) is 5.41 Å². The van der Waals surface area contributed by atoms with Crippen molar-refractivity contribution < 1.29 is 0 Å². The summed E-state index contributed by atoms with van der Waals surface area (Å²) >= 11 is 0. The van der Waals surface area contributed by atoms with Crippen LogP contribution < -0.4 is 0 Å². The lowest BCUT2D eigenvalue weighted by Crippen LogP contribution is -2.16. The average molecular weight is 217 g/mol. The Kier molecular flexibility index (Phi) is 3.00. The van der Waals surface area contributed by atoms with Gasteiger partial charge in [-0.05, 0) is 26.7 Å². The standard InChI is InChI=1S/C13H19N3/c1-13(2,9-14)12-15-8-11(16-12)10-6-4-3-5-7-10/h8,10H,3-7H2,1-2H3,(H,15,16). The fourth-order valence-electron chi connectivity index (χ4n) is 2.33. The van der Waals surface area contributed by atoms with Gasteiger partial charge in [-0.2, -0.15) is 5.26 Å². The van der Waals surface area contributed by atoms with Crippen LogP contribution in [0.3, 0.4) is 0 Å². The Hall–Kier alpha value is -1.30. The highest BCUT2D eigenvalue weighted by molar-refractivity contribution is 5.20. The van der Waals surface area contributed by atoms with Crippen molar-refractivity contribution in [3.63, 3.8) is 0 Å². The van der Waals surface area contributed by atoms with Gasteiger partial charge in [0.25, 0.3) is 0 Å². The highest BCUT2D eigenvalue weighted by atomic mass is 14.9. The Bertz CT molecular complexity index is 392. The van der Waals surface area contributed by atoms with E-state index in [9.17, 15) is 0 Å². The number of nitrogens with zero attached hydrogens (tertiary/aromatic N) is 2. The molecule has 0 aromatic carbocycles. The van der Waals surface area contributed by atoms with Gasteiger partial charge in [0.1, 0.15) is 11.2 Å². The second-order valence-corrected chi connectivity index (χ2v) is 5.26. The van der Waals surface area contributed by atoms with Crippen LogP contribution in [0.5, 0.6) is 0 Å². The smallest absolute Gasteiger partial charge is 0.126 e. The van der Waals surface area contributed by atoms with Gasteiger partial charge in [0, 0.05) is 17.8 Å². The summed E-state index contributed by atoms with van der Waals surface area (Å²) in [6.45, 7) is 3.80. The third-order valence-corrected chi connectivity index (χ3v) is 3.51. The van der Waals surface area contributed by atoms with E-state index in [0.29, 0.717) is 5.92 Å². The quantitative estimate of drug-likeness (QED) is 0.826. The summed E-state index contributed by atoms with van der Waals surface area (Å²) in [5.41, 5.74) is 0.713. The summed E-state index contributed by atoms with van der Waals surface area (Å²) < 4.78 is 0. The monoisotopic (exact) mass is 217 g/mol. The van der Waals surface area contributed by atoms with E-state index >= 15 is 0 Å². The van der Waals surface area contributed by atoms with Crippen molar-refractivity contribution in [1.29, 1.82) is 5.26 Å². The van der Waals surface area contributed by atoms with E-state index in [-0.39, 0.29) is 0 Å². The number of nitriles is 1. The summed E-state index contributed by atoms with van der Waals surface area (Å²) in [5.74, 6) is 1.43. The molecule has 1 heterocycles. The molecular formula is C13H19N3. The van der Waals surface area contributed by atoms with Crippen molar-refractivity contribution in [2.75, 3.05) is 0 Å². The molecular weight excluding hydrogens is 198 g/mol. The molecule has 2 rings (SSSR count). The SMILES string of the molecule is CC(C)(C#N)c1ncc(C2CCCCC2)[nH]1. The summed E-state index contributed by atoms with van der Waals surface area (Å²) in [6, 6.07) is 2.28. The molecule has 16 heavy (non-hydrogen) atoms. The van der Waals surface area contributed by atoms with E-state index in [0.717, 1.165) is 5.82 Å². The highest BCUT2D eigenvalue weighted by Crippen LogP contribution is 2.32. The van der Waals surface area contributed by atoms with Crippen LogP contribution in [0.1, 0.15) is 63.4 Å². The van der Waals surface area contributed by atoms with Crippen molar-refractivity contribution >= 4 is 0 Å². The van der Waals surface area contributed by atoms with E-state index < -0.39 is 5.41 Å². The first-order valence-electron chi connectivity index (χ1n) is 6.10. The molecule has 1 aromatic rings. The first-order chi connectivity index (χ1) is 7.63. The van der Waals surface area contributed by atoms with E-state index in [1.165, 1.54) is 37.8 Å². The van der Waals surface area contributed by atoms with Gasteiger partial charge in [-0.25, -0.2) is 4.98 Å². The van der Waals surface area contributed by atoms with Crippen LogP contribution in [0.25, 0.3) is 0 Å². The van der Waals surface area contributed by atoms with E-state index in [4.69, 9.17) is 5.26 Å². The third-order valence-electron chi connectivity index (χ3n) is 3.51. The number of rotatable bonds is 2. The van der Waals surface area contributed by atoms with Gasteiger partial charge >= 0.3 is 0 Å². The zero-order chi connectivity index (χ0) is 11.6. The van der Waals surface area contributed by atoms with Crippen LogP contribution in [0.15, 0.2) is 6.20 Å². The molecule has 0 radical (unpaired) electrons. The molecule has 0 atom stereocenters. The second kappa shape index (κ2) is 4.29. The van der Waals surface area contributed by atoms with Crippen molar-refractivity contribution in [3.05, 3.63) is 17.7 Å². The van der Waals surface area contributed by atoms with E-state index in [2.05, 4.69) is 16.0 Å². The number of H-pyrrole nitrogens is 1. The Morgan fingerprint density at radius 2 is 2.06 bits per heavy atom. The molecule has 1 aromatic heterocycles. The van der Waals surface area contributed by atoms with E-state index in [1.54, 1.807) is 0 Å². The minimum absolute atomic E-state index is 0.507. The molecule has 0 saturated heterocycles. The van der Waals surface area contributed by atoms with Gasteiger partial charge < -0.3 is 4.98 Å². The Balaban J connectivity index is 2.16. The molecule has 1 N–H and O–H groups in total. The number of hydrogen-bond donors (Lipinski definition) is 1. The van der Waals surface area contributed by atoms with Crippen LogP contribution in [0, 0.1) is 11.3 Å². The van der Waals surface area contributed by atoms with Gasteiger partial charge in [0.15, 0.2) is 0 Å². The first kappa shape index (κ1) is 11.2. The van der Waals surface area contributed by atoms with Crippen LogP contribution in [-0.4, -0.2) is 9.97 Å². The maximum absolute atomic E-state index is 9.06. The van der Waals surface area contributed by atoms with Crippen LogP contribution in [0.2, 0.25) is 0 Å². The van der Waals surface area contributed by atoms with Crippen molar-refractivity contribution in [2.45, 2.75) is 57.3 Å². The molecule has 1 fully saturated rings. The number of aromatic amines is 1. The molecule has 0 aliphatic heterocycles. The molecule has 1 aliphatic rings. The maximum Gasteiger partial charge on any atom is 0.126 e. The predicted molar refractivity (Wildman–Crippen MR) is 63.1 cm³/mol.